The van der Waals surface area contributed by atoms with Gasteiger partial charge in [0.1, 0.15) is 11.5 Å². The van der Waals surface area contributed by atoms with E-state index in [1.165, 1.54) is 6.20 Å². The summed E-state index contributed by atoms with van der Waals surface area (Å²) in [5, 5.41) is 2.87. The second-order valence-electron chi connectivity index (χ2n) is 4.19. The Balaban J connectivity index is 2.10. The molecule has 0 radical (unpaired) electrons. The van der Waals surface area contributed by atoms with Crippen LogP contribution in [0.1, 0.15) is 16.1 Å². The normalized spacial score (nSPS) is 10.0. The molecule has 1 aromatic heterocycles. The van der Waals surface area contributed by atoms with Gasteiger partial charge in [-0.1, -0.05) is 30.3 Å². The van der Waals surface area contributed by atoms with Crippen LogP contribution in [0.3, 0.4) is 0 Å². The van der Waals surface area contributed by atoms with E-state index < -0.39 is 0 Å². The highest BCUT2D eigenvalue weighted by atomic mass is 16.2. The first-order valence-electron chi connectivity index (χ1n) is 6.00. The van der Waals surface area contributed by atoms with E-state index in [-0.39, 0.29) is 5.91 Å². The van der Waals surface area contributed by atoms with Crippen molar-refractivity contribution in [2.75, 3.05) is 19.4 Å². The summed E-state index contributed by atoms with van der Waals surface area (Å²) >= 11 is 0. The van der Waals surface area contributed by atoms with Gasteiger partial charge in [-0.15, -0.1) is 0 Å². The molecule has 0 unspecified atom stereocenters. The standard InChI is InChI=1S/C14H16N4O/c1-15-13-9-16-8-12(17-13)14(19)18(2)10-11-6-4-3-5-7-11/h3-9H,10H2,1-2H3,(H,15,17). The summed E-state index contributed by atoms with van der Waals surface area (Å²) < 4.78 is 0. The first-order valence-corrected chi connectivity index (χ1v) is 6.00. The molecule has 5 nitrogen and oxygen atoms in total. The van der Waals surface area contributed by atoms with Gasteiger partial charge in [0.2, 0.25) is 0 Å². The minimum absolute atomic E-state index is 0.145. The Labute approximate surface area is 112 Å². The second kappa shape index (κ2) is 5.95. The number of anilines is 1. The SMILES string of the molecule is CNc1cncc(C(=O)N(C)Cc2ccccc2)n1. The van der Waals surface area contributed by atoms with Crippen molar-refractivity contribution in [1.82, 2.24) is 14.9 Å². The molecule has 0 fully saturated rings. The van der Waals surface area contributed by atoms with Crippen LogP contribution in [0.5, 0.6) is 0 Å². The summed E-state index contributed by atoms with van der Waals surface area (Å²) in [5.41, 5.74) is 1.42. The number of amides is 1. The summed E-state index contributed by atoms with van der Waals surface area (Å²) in [6, 6.07) is 9.83. The van der Waals surface area contributed by atoms with Crippen LogP contribution in [0.4, 0.5) is 5.82 Å². The molecule has 0 spiro atoms. The molecule has 0 saturated heterocycles. The predicted molar refractivity (Wildman–Crippen MR) is 73.8 cm³/mol. The molecule has 1 aromatic carbocycles. The number of rotatable bonds is 4. The fraction of sp³-hybridized carbons (Fsp3) is 0.214. The predicted octanol–water partition coefficient (Wildman–Crippen LogP) is 1.79. The summed E-state index contributed by atoms with van der Waals surface area (Å²) in [6.07, 6.45) is 3.05. The maximum Gasteiger partial charge on any atom is 0.274 e. The molecule has 0 bridgehead atoms. The van der Waals surface area contributed by atoms with Crippen LogP contribution >= 0.6 is 0 Å². The average molecular weight is 256 g/mol. The minimum atomic E-state index is -0.145. The van der Waals surface area contributed by atoms with Crippen molar-refractivity contribution in [2.45, 2.75) is 6.54 Å². The Bertz CT molecular complexity index is 556. The van der Waals surface area contributed by atoms with Crippen LogP contribution in [-0.2, 0) is 6.54 Å². The van der Waals surface area contributed by atoms with E-state index >= 15 is 0 Å². The van der Waals surface area contributed by atoms with Gasteiger partial charge in [-0.25, -0.2) is 4.98 Å². The molecule has 0 aliphatic rings. The van der Waals surface area contributed by atoms with E-state index in [4.69, 9.17) is 0 Å². The van der Waals surface area contributed by atoms with Gasteiger partial charge in [0.15, 0.2) is 0 Å². The zero-order valence-corrected chi connectivity index (χ0v) is 11.0. The minimum Gasteiger partial charge on any atom is -0.372 e. The van der Waals surface area contributed by atoms with Gasteiger partial charge < -0.3 is 10.2 Å². The lowest BCUT2D eigenvalue weighted by molar-refractivity contribution is 0.0779. The molecule has 2 aromatic rings. The maximum atomic E-state index is 12.2. The molecule has 0 atom stereocenters. The molecule has 0 aliphatic carbocycles. The van der Waals surface area contributed by atoms with Crippen LogP contribution in [0.15, 0.2) is 42.7 Å². The molecule has 98 valence electrons. The highest BCUT2D eigenvalue weighted by Crippen LogP contribution is 2.07. The van der Waals surface area contributed by atoms with Crippen molar-refractivity contribution in [3.05, 3.63) is 54.0 Å². The monoisotopic (exact) mass is 256 g/mol. The van der Waals surface area contributed by atoms with E-state index in [1.807, 2.05) is 30.3 Å². The van der Waals surface area contributed by atoms with E-state index in [9.17, 15) is 4.79 Å². The third kappa shape index (κ3) is 3.28. The summed E-state index contributed by atoms with van der Waals surface area (Å²) in [5.74, 6) is 0.437. The quantitative estimate of drug-likeness (QED) is 0.906. The number of carbonyl (C=O) groups is 1. The highest BCUT2D eigenvalue weighted by Gasteiger charge is 2.14. The number of benzene rings is 1. The summed E-state index contributed by atoms with van der Waals surface area (Å²) in [6.45, 7) is 0.547. The zero-order chi connectivity index (χ0) is 13.7. The van der Waals surface area contributed by atoms with E-state index in [1.54, 1.807) is 25.2 Å². The van der Waals surface area contributed by atoms with Crippen molar-refractivity contribution >= 4 is 11.7 Å². The number of hydrogen-bond donors (Lipinski definition) is 1. The molecule has 2 rings (SSSR count). The Morgan fingerprint density at radius 1 is 1.26 bits per heavy atom. The van der Waals surface area contributed by atoms with Crippen molar-refractivity contribution in [2.24, 2.45) is 0 Å². The van der Waals surface area contributed by atoms with Gasteiger partial charge >= 0.3 is 0 Å². The lowest BCUT2D eigenvalue weighted by atomic mass is 10.2. The van der Waals surface area contributed by atoms with Crippen LogP contribution in [-0.4, -0.2) is 34.9 Å². The molecular weight excluding hydrogens is 240 g/mol. The Hall–Kier alpha value is -2.43. The van der Waals surface area contributed by atoms with Crippen LogP contribution in [0.2, 0.25) is 0 Å². The Morgan fingerprint density at radius 3 is 2.68 bits per heavy atom. The highest BCUT2D eigenvalue weighted by molar-refractivity contribution is 5.92. The first kappa shape index (κ1) is 13.0. The molecule has 5 heteroatoms. The van der Waals surface area contributed by atoms with Gasteiger partial charge in [-0.2, -0.15) is 0 Å². The molecule has 1 heterocycles. The van der Waals surface area contributed by atoms with E-state index in [2.05, 4.69) is 15.3 Å². The van der Waals surface area contributed by atoms with Gasteiger partial charge in [-0.05, 0) is 5.56 Å². The number of nitrogens with zero attached hydrogens (tertiary/aromatic N) is 3. The van der Waals surface area contributed by atoms with E-state index in [0.717, 1.165) is 5.56 Å². The Morgan fingerprint density at radius 2 is 2.00 bits per heavy atom. The Kier molecular flexibility index (Phi) is 4.07. The van der Waals surface area contributed by atoms with Crippen LogP contribution < -0.4 is 5.32 Å². The summed E-state index contributed by atoms with van der Waals surface area (Å²) in [4.78, 5) is 22.0. The summed E-state index contributed by atoms with van der Waals surface area (Å²) in [7, 11) is 3.50. The largest absolute Gasteiger partial charge is 0.372 e. The molecule has 0 aliphatic heterocycles. The van der Waals surface area contributed by atoms with Crippen molar-refractivity contribution in [1.29, 1.82) is 0 Å². The van der Waals surface area contributed by atoms with Crippen molar-refractivity contribution in [3.63, 3.8) is 0 Å². The molecule has 1 N–H and O–H groups in total. The van der Waals surface area contributed by atoms with Crippen LogP contribution in [0.25, 0.3) is 0 Å². The van der Waals surface area contributed by atoms with Gasteiger partial charge in [-0.3, -0.25) is 9.78 Å². The number of nitrogens with one attached hydrogen (secondary N) is 1. The molecule has 1 amide bonds. The van der Waals surface area contributed by atoms with E-state index in [0.29, 0.717) is 18.1 Å². The lowest BCUT2D eigenvalue weighted by Crippen LogP contribution is -2.27. The van der Waals surface area contributed by atoms with Crippen LogP contribution in [0, 0.1) is 0 Å². The third-order valence-corrected chi connectivity index (χ3v) is 2.72. The van der Waals surface area contributed by atoms with Crippen molar-refractivity contribution in [3.8, 4) is 0 Å². The molecular formula is C14H16N4O. The zero-order valence-electron chi connectivity index (χ0n) is 11.0. The molecule has 19 heavy (non-hydrogen) atoms. The maximum absolute atomic E-state index is 12.2. The first-order chi connectivity index (χ1) is 9.20. The van der Waals surface area contributed by atoms with Gasteiger partial charge in [0.05, 0.1) is 12.4 Å². The lowest BCUT2D eigenvalue weighted by Gasteiger charge is -2.16. The number of carbonyl (C=O) groups excluding carboxylic acids is 1. The smallest absolute Gasteiger partial charge is 0.274 e. The van der Waals surface area contributed by atoms with Gasteiger partial charge in [0.25, 0.3) is 5.91 Å². The average Bonchev–Trinajstić information content (AvgIpc) is 2.47. The number of hydrogen-bond acceptors (Lipinski definition) is 4. The van der Waals surface area contributed by atoms with Gasteiger partial charge in [0, 0.05) is 20.6 Å². The fourth-order valence-corrected chi connectivity index (χ4v) is 1.71. The topological polar surface area (TPSA) is 58.1 Å². The fourth-order valence-electron chi connectivity index (χ4n) is 1.71. The third-order valence-electron chi connectivity index (χ3n) is 2.72. The van der Waals surface area contributed by atoms with Crippen molar-refractivity contribution < 1.29 is 4.79 Å². The molecule has 0 saturated carbocycles. The second-order valence-corrected chi connectivity index (χ2v) is 4.19. The number of aromatic nitrogens is 2.